The second-order valence-electron chi connectivity index (χ2n) is 3.72. The summed E-state index contributed by atoms with van der Waals surface area (Å²) in [4.78, 5) is 11.7. The van der Waals surface area contributed by atoms with Crippen molar-refractivity contribution in [3.63, 3.8) is 0 Å². The van der Waals surface area contributed by atoms with Crippen LogP contribution in [0, 0.1) is 0 Å². The van der Waals surface area contributed by atoms with Crippen molar-refractivity contribution in [2.45, 2.75) is 35.3 Å². The Labute approximate surface area is 99.9 Å². The summed E-state index contributed by atoms with van der Waals surface area (Å²) in [5.74, 6) is -0.175. The van der Waals surface area contributed by atoms with Gasteiger partial charge in [-0.05, 0) is 22.6 Å². The molecule has 1 aliphatic heterocycles. The topological polar surface area (TPSA) is 87.0 Å². The van der Waals surface area contributed by atoms with Gasteiger partial charge in [0.25, 0.3) is 0 Å². The first-order valence-corrected chi connectivity index (χ1v) is 5.87. The largest absolute Gasteiger partial charge is 0.481 e. The Morgan fingerprint density at radius 2 is 2.00 bits per heavy atom. The Balaban J connectivity index is 2.36. The van der Waals surface area contributed by atoms with Crippen LogP contribution in [-0.2, 0) is 9.53 Å². The van der Waals surface area contributed by atoms with Crippen LogP contribution in [0.2, 0.25) is 0 Å². The number of carbonyl (C=O) groups excluding carboxylic acids is 1. The summed E-state index contributed by atoms with van der Waals surface area (Å²) in [5, 5.41) is 28.5. The molecular formula is C9H11IO5. The summed E-state index contributed by atoms with van der Waals surface area (Å²) in [6, 6.07) is 0. The first kappa shape index (κ1) is 11.3. The van der Waals surface area contributed by atoms with Gasteiger partial charge in [0.05, 0.1) is 17.8 Å². The van der Waals surface area contributed by atoms with Crippen molar-refractivity contribution in [2.75, 3.05) is 0 Å². The molecule has 0 aromatic heterocycles. The van der Waals surface area contributed by atoms with E-state index in [1.54, 1.807) is 0 Å². The SMILES string of the molecule is O=C1C2=C(C[C@H](O)C[C@@H]2O)O[C@H](I)[C@H]1O. The monoisotopic (exact) mass is 326 g/mol. The minimum atomic E-state index is -1.23. The van der Waals surface area contributed by atoms with Crippen LogP contribution in [0.4, 0.5) is 0 Å². The normalized spacial score (nSPS) is 41.2. The number of Topliss-reactive ketones (excluding diaryl/α,β-unsaturated/α-hetero) is 1. The maximum Gasteiger partial charge on any atom is 0.197 e. The van der Waals surface area contributed by atoms with Gasteiger partial charge in [0.1, 0.15) is 5.76 Å². The van der Waals surface area contributed by atoms with E-state index in [0.29, 0.717) is 5.76 Å². The van der Waals surface area contributed by atoms with Crippen molar-refractivity contribution in [1.82, 2.24) is 0 Å². The maximum absolute atomic E-state index is 11.7. The van der Waals surface area contributed by atoms with Crippen LogP contribution < -0.4 is 0 Å². The molecule has 6 heteroatoms. The predicted octanol–water partition coefficient (Wildman–Crippen LogP) is -0.523. The smallest absolute Gasteiger partial charge is 0.197 e. The van der Waals surface area contributed by atoms with Gasteiger partial charge in [-0.15, -0.1) is 0 Å². The molecule has 0 radical (unpaired) electrons. The van der Waals surface area contributed by atoms with Crippen LogP contribution in [0.15, 0.2) is 11.3 Å². The molecule has 0 saturated heterocycles. The molecule has 0 aromatic carbocycles. The lowest BCUT2D eigenvalue weighted by molar-refractivity contribution is -0.131. The molecule has 2 rings (SSSR count). The summed E-state index contributed by atoms with van der Waals surface area (Å²) in [7, 11) is 0. The van der Waals surface area contributed by atoms with Crippen molar-refractivity contribution in [1.29, 1.82) is 0 Å². The highest BCUT2D eigenvalue weighted by Gasteiger charge is 2.42. The molecule has 0 spiro atoms. The summed E-state index contributed by atoms with van der Waals surface area (Å²) in [6.45, 7) is 0. The van der Waals surface area contributed by atoms with Crippen molar-refractivity contribution in [3.8, 4) is 0 Å². The van der Waals surface area contributed by atoms with E-state index in [1.807, 2.05) is 22.6 Å². The molecule has 5 nitrogen and oxygen atoms in total. The maximum atomic E-state index is 11.7. The third-order valence-electron chi connectivity index (χ3n) is 2.59. The van der Waals surface area contributed by atoms with E-state index < -0.39 is 28.2 Å². The van der Waals surface area contributed by atoms with E-state index in [9.17, 15) is 20.1 Å². The van der Waals surface area contributed by atoms with Gasteiger partial charge < -0.3 is 20.1 Å². The van der Waals surface area contributed by atoms with Gasteiger partial charge in [0.15, 0.2) is 16.0 Å². The van der Waals surface area contributed by atoms with Crippen LogP contribution in [0.5, 0.6) is 0 Å². The van der Waals surface area contributed by atoms with E-state index in [0.717, 1.165) is 0 Å². The van der Waals surface area contributed by atoms with Crippen LogP contribution >= 0.6 is 22.6 Å². The Morgan fingerprint density at radius 3 is 2.67 bits per heavy atom. The van der Waals surface area contributed by atoms with Crippen molar-refractivity contribution >= 4 is 28.4 Å². The molecule has 0 bridgehead atoms. The molecular weight excluding hydrogens is 315 g/mol. The van der Waals surface area contributed by atoms with E-state index >= 15 is 0 Å². The second kappa shape index (κ2) is 4.00. The van der Waals surface area contributed by atoms with E-state index in [2.05, 4.69) is 0 Å². The highest BCUT2D eigenvalue weighted by molar-refractivity contribution is 14.1. The number of hydrogen-bond acceptors (Lipinski definition) is 5. The molecule has 0 unspecified atom stereocenters. The molecule has 1 aliphatic carbocycles. The van der Waals surface area contributed by atoms with Crippen LogP contribution in [0.3, 0.4) is 0 Å². The number of carbonyl (C=O) groups is 1. The van der Waals surface area contributed by atoms with Crippen LogP contribution in [0.1, 0.15) is 12.8 Å². The second-order valence-corrected chi connectivity index (χ2v) is 4.95. The zero-order chi connectivity index (χ0) is 11.2. The van der Waals surface area contributed by atoms with E-state index in [-0.39, 0.29) is 18.4 Å². The molecule has 0 fully saturated rings. The van der Waals surface area contributed by atoms with Crippen LogP contribution in [-0.4, -0.2) is 43.5 Å². The van der Waals surface area contributed by atoms with Gasteiger partial charge in [-0.25, -0.2) is 0 Å². The number of halogens is 1. The first-order chi connectivity index (χ1) is 7.00. The molecule has 4 atom stereocenters. The minimum absolute atomic E-state index is 0.118. The first-order valence-electron chi connectivity index (χ1n) is 4.63. The molecule has 1 heterocycles. The van der Waals surface area contributed by atoms with Gasteiger partial charge in [-0.1, -0.05) is 0 Å². The standard InChI is InChI=1S/C9H11IO5/c10-9-8(14)7(13)6-4(12)1-3(11)2-5(6)15-9/h3-4,8-9,11-12,14H,1-2H2/t3-,4+,8+,9+/m1/s1. The van der Waals surface area contributed by atoms with Crippen LogP contribution in [0.25, 0.3) is 0 Å². The molecule has 15 heavy (non-hydrogen) atoms. The summed E-state index contributed by atoms with van der Waals surface area (Å²) < 4.78 is 4.64. The van der Waals surface area contributed by atoms with Gasteiger partial charge in [-0.3, -0.25) is 4.79 Å². The minimum Gasteiger partial charge on any atom is -0.481 e. The summed E-state index contributed by atoms with van der Waals surface area (Å²) >= 11 is 1.81. The Morgan fingerprint density at radius 1 is 1.33 bits per heavy atom. The fraction of sp³-hybridized carbons (Fsp3) is 0.667. The van der Waals surface area contributed by atoms with E-state index in [4.69, 9.17) is 4.74 Å². The van der Waals surface area contributed by atoms with Crippen molar-refractivity contribution in [3.05, 3.63) is 11.3 Å². The van der Waals surface area contributed by atoms with Crippen molar-refractivity contribution < 1.29 is 24.9 Å². The van der Waals surface area contributed by atoms with Gasteiger partial charge >= 0.3 is 0 Å². The summed E-state index contributed by atoms with van der Waals surface area (Å²) in [6.07, 6.45) is -2.61. The lowest BCUT2D eigenvalue weighted by Gasteiger charge is -2.34. The number of alkyl halides is 1. The molecule has 0 aromatic rings. The lowest BCUT2D eigenvalue weighted by atomic mass is 9.87. The number of aliphatic hydroxyl groups is 3. The number of aliphatic hydroxyl groups excluding tert-OH is 3. The number of ketones is 1. The van der Waals surface area contributed by atoms with Gasteiger partial charge in [0.2, 0.25) is 0 Å². The molecule has 0 saturated carbocycles. The Bertz CT molecular complexity index is 326. The fourth-order valence-electron chi connectivity index (χ4n) is 1.86. The third kappa shape index (κ3) is 1.91. The lowest BCUT2D eigenvalue weighted by Crippen LogP contribution is -2.44. The highest BCUT2D eigenvalue weighted by atomic mass is 127. The average Bonchev–Trinajstić information content (AvgIpc) is 2.13. The Kier molecular flexibility index (Phi) is 3.02. The quantitative estimate of drug-likeness (QED) is 0.412. The average molecular weight is 326 g/mol. The van der Waals surface area contributed by atoms with Gasteiger partial charge in [0, 0.05) is 12.8 Å². The third-order valence-corrected chi connectivity index (χ3v) is 3.52. The molecule has 2 aliphatic rings. The highest BCUT2D eigenvalue weighted by Crippen LogP contribution is 2.34. The molecule has 0 amide bonds. The molecule has 84 valence electrons. The summed E-state index contributed by atoms with van der Waals surface area (Å²) in [5.41, 5.74) is 0.126. The van der Waals surface area contributed by atoms with E-state index in [1.165, 1.54) is 0 Å². The number of rotatable bonds is 0. The zero-order valence-corrected chi connectivity index (χ0v) is 9.92. The predicted molar refractivity (Wildman–Crippen MR) is 58.2 cm³/mol. The molecule has 3 N–H and O–H groups in total. The fourth-order valence-corrected chi connectivity index (χ4v) is 2.49. The number of ether oxygens (including phenoxy) is 1. The zero-order valence-electron chi connectivity index (χ0n) is 7.76. The van der Waals surface area contributed by atoms with Gasteiger partial charge in [-0.2, -0.15) is 0 Å². The number of hydrogen-bond donors (Lipinski definition) is 3. The Hall–Kier alpha value is -0.180. The van der Waals surface area contributed by atoms with Crippen molar-refractivity contribution in [2.24, 2.45) is 0 Å².